The van der Waals surface area contributed by atoms with Crippen LogP contribution in [-0.2, 0) is 6.42 Å². The summed E-state index contributed by atoms with van der Waals surface area (Å²) < 4.78 is 13.4. The first kappa shape index (κ1) is 10.9. The van der Waals surface area contributed by atoms with Gasteiger partial charge in [-0.1, -0.05) is 12.1 Å². The van der Waals surface area contributed by atoms with Gasteiger partial charge in [0.15, 0.2) is 0 Å². The molecule has 0 saturated carbocycles. The summed E-state index contributed by atoms with van der Waals surface area (Å²) in [6.07, 6.45) is 1.04. The molecule has 0 saturated heterocycles. The van der Waals surface area contributed by atoms with Gasteiger partial charge in [0, 0.05) is 11.9 Å². The van der Waals surface area contributed by atoms with Gasteiger partial charge in [-0.3, -0.25) is 10.1 Å². The SMILES string of the molecule is O=[N+]([O-])c1cccc(CCCCl)c1F. The lowest BCUT2D eigenvalue weighted by molar-refractivity contribution is -0.387. The standard InChI is InChI=1S/C9H9ClFNO2/c10-6-2-4-7-3-1-5-8(9(7)11)12(13)14/h1,3,5H,2,4,6H2. The predicted molar refractivity (Wildman–Crippen MR) is 52.1 cm³/mol. The number of halogens is 2. The van der Waals surface area contributed by atoms with E-state index in [-0.39, 0.29) is 0 Å². The van der Waals surface area contributed by atoms with Crippen molar-refractivity contribution in [2.24, 2.45) is 0 Å². The van der Waals surface area contributed by atoms with Crippen LogP contribution in [0.4, 0.5) is 10.1 Å². The molecule has 0 N–H and O–H groups in total. The molecular weight excluding hydrogens is 209 g/mol. The molecule has 0 bridgehead atoms. The summed E-state index contributed by atoms with van der Waals surface area (Å²) in [7, 11) is 0. The van der Waals surface area contributed by atoms with Crippen LogP contribution in [0, 0.1) is 15.9 Å². The molecule has 3 nitrogen and oxygen atoms in total. The van der Waals surface area contributed by atoms with Crippen LogP contribution in [-0.4, -0.2) is 10.8 Å². The zero-order valence-electron chi connectivity index (χ0n) is 7.37. The van der Waals surface area contributed by atoms with Crippen LogP contribution in [0.2, 0.25) is 0 Å². The van der Waals surface area contributed by atoms with Gasteiger partial charge in [0.25, 0.3) is 0 Å². The lowest BCUT2D eigenvalue weighted by Crippen LogP contribution is -1.97. The summed E-state index contributed by atoms with van der Waals surface area (Å²) in [5.41, 5.74) is -0.128. The molecule has 0 radical (unpaired) electrons. The Hall–Kier alpha value is -1.16. The van der Waals surface area contributed by atoms with E-state index in [0.717, 1.165) is 6.07 Å². The summed E-state index contributed by atoms with van der Waals surface area (Å²) in [5.74, 6) is -0.329. The van der Waals surface area contributed by atoms with E-state index < -0.39 is 16.4 Å². The Morgan fingerprint density at radius 1 is 1.50 bits per heavy atom. The van der Waals surface area contributed by atoms with Crippen LogP contribution in [0.15, 0.2) is 18.2 Å². The number of alkyl halides is 1. The van der Waals surface area contributed by atoms with Gasteiger partial charge in [0.2, 0.25) is 5.82 Å². The van der Waals surface area contributed by atoms with Crippen LogP contribution in [0.5, 0.6) is 0 Å². The number of nitrogens with zero attached hydrogens (tertiary/aromatic N) is 1. The van der Waals surface area contributed by atoms with Crippen molar-refractivity contribution in [3.8, 4) is 0 Å². The highest BCUT2D eigenvalue weighted by molar-refractivity contribution is 6.17. The Balaban J connectivity index is 2.95. The Morgan fingerprint density at radius 3 is 2.79 bits per heavy atom. The first-order valence-corrected chi connectivity index (χ1v) is 4.68. The third-order valence-electron chi connectivity index (χ3n) is 1.83. The molecule has 0 heterocycles. The van der Waals surface area contributed by atoms with Gasteiger partial charge in [-0.05, 0) is 18.4 Å². The molecule has 1 aromatic rings. The van der Waals surface area contributed by atoms with Gasteiger partial charge in [-0.25, -0.2) is 0 Å². The van der Waals surface area contributed by atoms with Crippen molar-refractivity contribution in [3.05, 3.63) is 39.7 Å². The monoisotopic (exact) mass is 217 g/mol. The molecule has 0 unspecified atom stereocenters. The average molecular weight is 218 g/mol. The zero-order valence-corrected chi connectivity index (χ0v) is 8.13. The van der Waals surface area contributed by atoms with Crippen LogP contribution < -0.4 is 0 Å². The Bertz CT molecular complexity index is 344. The first-order chi connectivity index (χ1) is 6.66. The fourth-order valence-electron chi connectivity index (χ4n) is 1.16. The van der Waals surface area contributed by atoms with E-state index in [1.807, 2.05) is 0 Å². The Labute approximate surface area is 85.6 Å². The number of rotatable bonds is 4. The fraction of sp³-hybridized carbons (Fsp3) is 0.333. The normalized spacial score (nSPS) is 10.1. The minimum Gasteiger partial charge on any atom is -0.258 e. The van der Waals surface area contributed by atoms with E-state index in [2.05, 4.69) is 0 Å². The second kappa shape index (κ2) is 4.91. The maximum atomic E-state index is 13.4. The lowest BCUT2D eigenvalue weighted by atomic mass is 10.1. The molecule has 0 aliphatic heterocycles. The molecule has 14 heavy (non-hydrogen) atoms. The second-order valence-electron chi connectivity index (χ2n) is 2.80. The molecular formula is C9H9ClFNO2. The lowest BCUT2D eigenvalue weighted by Gasteiger charge is -2.01. The van der Waals surface area contributed by atoms with Gasteiger partial charge in [-0.2, -0.15) is 4.39 Å². The Morgan fingerprint density at radius 2 is 2.21 bits per heavy atom. The number of aryl methyl sites for hydroxylation is 1. The van der Waals surface area contributed by atoms with E-state index in [4.69, 9.17) is 11.6 Å². The van der Waals surface area contributed by atoms with Crippen LogP contribution in [0.3, 0.4) is 0 Å². The fourth-order valence-corrected chi connectivity index (χ4v) is 1.29. The zero-order chi connectivity index (χ0) is 10.6. The van der Waals surface area contributed by atoms with Gasteiger partial charge < -0.3 is 0 Å². The molecule has 0 aliphatic carbocycles. The van der Waals surface area contributed by atoms with Gasteiger partial charge >= 0.3 is 5.69 Å². The van der Waals surface area contributed by atoms with Crippen LogP contribution >= 0.6 is 11.6 Å². The third-order valence-corrected chi connectivity index (χ3v) is 2.10. The molecule has 0 fully saturated rings. The highest BCUT2D eigenvalue weighted by Crippen LogP contribution is 2.21. The van der Waals surface area contributed by atoms with E-state index >= 15 is 0 Å². The topological polar surface area (TPSA) is 43.1 Å². The van der Waals surface area contributed by atoms with Crippen molar-refractivity contribution >= 4 is 17.3 Å². The minimum atomic E-state index is -0.748. The summed E-state index contributed by atoms with van der Waals surface area (Å²) >= 11 is 5.45. The Kier molecular flexibility index (Phi) is 3.83. The summed E-state index contributed by atoms with van der Waals surface area (Å²) in [6, 6.07) is 4.17. The van der Waals surface area contributed by atoms with E-state index in [9.17, 15) is 14.5 Å². The number of nitro benzene ring substituents is 1. The highest BCUT2D eigenvalue weighted by Gasteiger charge is 2.16. The van der Waals surface area contributed by atoms with Crippen molar-refractivity contribution in [2.75, 3.05) is 5.88 Å². The van der Waals surface area contributed by atoms with Gasteiger partial charge in [-0.15, -0.1) is 11.6 Å². The molecule has 76 valence electrons. The van der Waals surface area contributed by atoms with Crippen LogP contribution in [0.1, 0.15) is 12.0 Å². The van der Waals surface area contributed by atoms with Crippen molar-refractivity contribution in [3.63, 3.8) is 0 Å². The molecule has 0 atom stereocenters. The van der Waals surface area contributed by atoms with Crippen molar-refractivity contribution in [2.45, 2.75) is 12.8 Å². The largest absolute Gasteiger partial charge is 0.305 e. The molecule has 0 spiro atoms. The quantitative estimate of drug-likeness (QED) is 0.442. The minimum absolute atomic E-state index is 0.347. The molecule has 1 rings (SSSR count). The number of hydrogen-bond acceptors (Lipinski definition) is 2. The number of hydrogen-bond donors (Lipinski definition) is 0. The second-order valence-corrected chi connectivity index (χ2v) is 3.18. The maximum absolute atomic E-state index is 13.4. The van der Waals surface area contributed by atoms with Crippen molar-refractivity contribution in [1.82, 2.24) is 0 Å². The van der Waals surface area contributed by atoms with Gasteiger partial charge in [0.05, 0.1) is 4.92 Å². The predicted octanol–water partition coefficient (Wildman–Crippen LogP) is 2.91. The van der Waals surface area contributed by atoms with Gasteiger partial charge in [0.1, 0.15) is 0 Å². The highest BCUT2D eigenvalue weighted by atomic mass is 35.5. The van der Waals surface area contributed by atoms with E-state index in [0.29, 0.717) is 24.3 Å². The van der Waals surface area contributed by atoms with E-state index in [1.165, 1.54) is 12.1 Å². The van der Waals surface area contributed by atoms with E-state index in [1.54, 1.807) is 0 Å². The molecule has 0 amide bonds. The molecule has 5 heteroatoms. The molecule has 0 aromatic heterocycles. The number of nitro groups is 1. The third kappa shape index (κ3) is 2.42. The summed E-state index contributed by atoms with van der Waals surface area (Å²) in [5, 5.41) is 10.4. The van der Waals surface area contributed by atoms with Crippen molar-refractivity contribution in [1.29, 1.82) is 0 Å². The van der Waals surface area contributed by atoms with Crippen molar-refractivity contribution < 1.29 is 9.31 Å². The summed E-state index contributed by atoms with van der Waals surface area (Å²) in [4.78, 5) is 9.66. The first-order valence-electron chi connectivity index (χ1n) is 4.14. The molecule has 0 aliphatic rings. The number of benzene rings is 1. The smallest absolute Gasteiger partial charge is 0.258 e. The maximum Gasteiger partial charge on any atom is 0.305 e. The average Bonchev–Trinajstić information content (AvgIpc) is 2.16. The van der Waals surface area contributed by atoms with Crippen LogP contribution in [0.25, 0.3) is 0 Å². The molecule has 1 aromatic carbocycles. The summed E-state index contributed by atoms with van der Waals surface area (Å²) in [6.45, 7) is 0.